The summed E-state index contributed by atoms with van der Waals surface area (Å²) in [6, 6.07) is 32.2. The summed E-state index contributed by atoms with van der Waals surface area (Å²) >= 11 is 0. The number of hydrogen-bond donors (Lipinski definition) is 0. The second kappa shape index (κ2) is 6.63. The SMILES string of the molecule is CC(C)(C)c1cc(-c2ccc(-c3ccccc3)cc2)c2c(c1)oc1ccccc12. The lowest BCUT2D eigenvalue weighted by atomic mass is 9.84. The van der Waals surface area contributed by atoms with Crippen LogP contribution in [0.3, 0.4) is 0 Å². The van der Waals surface area contributed by atoms with Crippen LogP contribution >= 0.6 is 0 Å². The topological polar surface area (TPSA) is 13.1 Å². The van der Waals surface area contributed by atoms with E-state index in [4.69, 9.17) is 4.42 Å². The predicted molar refractivity (Wildman–Crippen MR) is 123 cm³/mol. The number of rotatable bonds is 2. The van der Waals surface area contributed by atoms with Crippen molar-refractivity contribution >= 4 is 21.9 Å². The van der Waals surface area contributed by atoms with E-state index in [1.165, 1.54) is 38.6 Å². The van der Waals surface area contributed by atoms with E-state index in [1.54, 1.807) is 0 Å². The molecule has 0 aliphatic heterocycles. The van der Waals surface area contributed by atoms with Gasteiger partial charge in [0.25, 0.3) is 0 Å². The van der Waals surface area contributed by atoms with E-state index in [1.807, 2.05) is 12.1 Å². The summed E-state index contributed by atoms with van der Waals surface area (Å²) in [5, 5.41) is 2.37. The largest absolute Gasteiger partial charge is 0.456 e. The van der Waals surface area contributed by atoms with E-state index in [9.17, 15) is 0 Å². The molecule has 1 heterocycles. The van der Waals surface area contributed by atoms with E-state index in [0.717, 1.165) is 11.2 Å². The van der Waals surface area contributed by atoms with E-state index in [0.29, 0.717) is 0 Å². The van der Waals surface area contributed by atoms with Crippen molar-refractivity contribution in [3.05, 3.63) is 96.6 Å². The van der Waals surface area contributed by atoms with Crippen LogP contribution in [0, 0.1) is 0 Å². The van der Waals surface area contributed by atoms with Gasteiger partial charge in [-0.05, 0) is 51.4 Å². The van der Waals surface area contributed by atoms with Crippen LogP contribution in [0.4, 0.5) is 0 Å². The van der Waals surface area contributed by atoms with Gasteiger partial charge in [0.15, 0.2) is 0 Å². The molecule has 0 amide bonds. The first-order valence-electron chi connectivity index (χ1n) is 10.1. The number of para-hydroxylation sites is 1. The molecule has 1 aromatic heterocycles. The van der Waals surface area contributed by atoms with Gasteiger partial charge in [-0.15, -0.1) is 0 Å². The molecule has 0 N–H and O–H groups in total. The third-order valence-corrected chi connectivity index (χ3v) is 5.65. The lowest BCUT2D eigenvalue weighted by Crippen LogP contribution is -2.11. The van der Waals surface area contributed by atoms with E-state index < -0.39 is 0 Å². The zero-order valence-electron chi connectivity index (χ0n) is 17.1. The second-order valence-electron chi connectivity index (χ2n) is 8.69. The number of fused-ring (bicyclic) bond motifs is 3. The highest BCUT2D eigenvalue weighted by molar-refractivity contribution is 6.12. The predicted octanol–water partition coefficient (Wildman–Crippen LogP) is 8.22. The molecule has 142 valence electrons. The molecule has 0 fully saturated rings. The third kappa shape index (κ3) is 3.13. The Morgan fingerprint density at radius 1 is 0.586 bits per heavy atom. The first-order valence-corrected chi connectivity index (χ1v) is 10.1. The standard InChI is InChI=1S/C28H24O/c1-28(2,3)22-17-24(27-23-11-7-8-12-25(23)29-26(27)18-22)21-15-13-20(14-16-21)19-9-5-4-6-10-19/h4-18H,1-3H3. The lowest BCUT2D eigenvalue weighted by molar-refractivity contribution is 0.588. The third-order valence-electron chi connectivity index (χ3n) is 5.65. The molecule has 0 saturated carbocycles. The molecule has 5 aromatic rings. The molecule has 0 aliphatic rings. The van der Waals surface area contributed by atoms with Gasteiger partial charge in [-0.3, -0.25) is 0 Å². The monoisotopic (exact) mass is 376 g/mol. The molecule has 4 aromatic carbocycles. The molecule has 0 atom stereocenters. The van der Waals surface area contributed by atoms with Crippen LogP contribution in [-0.2, 0) is 5.41 Å². The molecule has 1 nitrogen and oxygen atoms in total. The van der Waals surface area contributed by atoms with E-state index in [2.05, 4.69) is 99.6 Å². The van der Waals surface area contributed by atoms with Crippen LogP contribution in [-0.4, -0.2) is 0 Å². The fourth-order valence-corrected chi connectivity index (χ4v) is 3.99. The molecule has 5 rings (SSSR count). The Hall–Kier alpha value is -3.32. The summed E-state index contributed by atoms with van der Waals surface area (Å²) in [7, 11) is 0. The van der Waals surface area contributed by atoms with E-state index in [-0.39, 0.29) is 5.41 Å². The number of furan rings is 1. The minimum atomic E-state index is 0.0475. The smallest absolute Gasteiger partial charge is 0.136 e. The number of benzene rings is 4. The average molecular weight is 376 g/mol. The van der Waals surface area contributed by atoms with Crippen molar-refractivity contribution in [1.82, 2.24) is 0 Å². The Labute approximate surface area is 171 Å². The maximum Gasteiger partial charge on any atom is 0.136 e. The summed E-state index contributed by atoms with van der Waals surface area (Å²) in [6.07, 6.45) is 0. The van der Waals surface area contributed by atoms with Crippen LogP contribution in [0.25, 0.3) is 44.2 Å². The Morgan fingerprint density at radius 2 is 1.21 bits per heavy atom. The minimum absolute atomic E-state index is 0.0475. The Bertz CT molecular complexity index is 1300. The lowest BCUT2D eigenvalue weighted by Gasteiger charge is -2.20. The van der Waals surface area contributed by atoms with Gasteiger partial charge in [-0.1, -0.05) is 93.6 Å². The van der Waals surface area contributed by atoms with Gasteiger partial charge in [0, 0.05) is 10.8 Å². The fraction of sp³-hybridized carbons (Fsp3) is 0.143. The molecule has 29 heavy (non-hydrogen) atoms. The zero-order chi connectivity index (χ0) is 20.0. The van der Waals surface area contributed by atoms with Crippen LogP contribution in [0.1, 0.15) is 26.3 Å². The quantitative estimate of drug-likeness (QED) is 0.302. The van der Waals surface area contributed by atoms with E-state index >= 15 is 0 Å². The highest BCUT2D eigenvalue weighted by Crippen LogP contribution is 2.40. The molecular formula is C28H24O. The molecule has 1 heteroatoms. The van der Waals surface area contributed by atoms with Gasteiger partial charge >= 0.3 is 0 Å². The summed E-state index contributed by atoms with van der Waals surface area (Å²) in [5.41, 5.74) is 8.15. The van der Waals surface area contributed by atoms with Crippen molar-refractivity contribution in [1.29, 1.82) is 0 Å². The van der Waals surface area contributed by atoms with Crippen LogP contribution < -0.4 is 0 Å². The molecule has 0 bridgehead atoms. The molecule has 0 unspecified atom stereocenters. The van der Waals surface area contributed by atoms with Gasteiger partial charge in [-0.25, -0.2) is 0 Å². The van der Waals surface area contributed by atoms with Crippen molar-refractivity contribution < 1.29 is 4.42 Å². The van der Waals surface area contributed by atoms with Crippen molar-refractivity contribution in [2.45, 2.75) is 26.2 Å². The summed E-state index contributed by atoms with van der Waals surface area (Å²) in [4.78, 5) is 0. The molecular weight excluding hydrogens is 352 g/mol. The molecule has 0 spiro atoms. The van der Waals surface area contributed by atoms with Gasteiger partial charge in [0.05, 0.1) is 0 Å². The highest BCUT2D eigenvalue weighted by atomic mass is 16.3. The average Bonchev–Trinajstić information content (AvgIpc) is 3.12. The van der Waals surface area contributed by atoms with Crippen LogP contribution in [0.2, 0.25) is 0 Å². The normalized spacial score (nSPS) is 12.0. The second-order valence-corrected chi connectivity index (χ2v) is 8.69. The number of hydrogen-bond acceptors (Lipinski definition) is 1. The van der Waals surface area contributed by atoms with Crippen molar-refractivity contribution in [3.63, 3.8) is 0 Å². The van der Waals surface area contributed by atoms with Gasteiger partial charge in [-0.2, -0.15) is 0 Å². The Balaban J connectivity index is 1.74. The summed E-state index contributed by atoms with van der Waals surface area (Å²) < 4.78 is 6.24. The maximum atomic E-state index is 6.24. The first-order chi connectivity index (χ1) is 14.0. The Kier molecular flexibility index (Phi) is 4.06. The van der Waals surface area contributed by atoms with Crippen molar-refractivity contribution in [2.24, 2.45) is 0 Å². The zero-order valence-corrected chi connectivity index (χ0v) is 17.1. The minimum Gasteiger partial charge on any atom is -0.456 e. The van der Waals surface area contributed by atoms with Gasteiger partial charge in [0.1, 0.15) is 11.2 Å². The van der Waals surface area contributed by atoms with Crippen LogP contribution in [0.5, 0.6) is 0 Å². The molecule has 0 radical (unpaired) electrons. The van der Waals surface area contributed by atoms with Crippen molar-refractivity contribution in [3.8, 4) is 22.3 Å². The summed E-state index contributed by atoms with van der Waals surface area (Å²) in [5.74, 6) is 0. The van der Waals surface area contributed by atoms with Gasteiger partial charge < -0.3 is 4.42 Å². The fourth-order valence-electron chi connectivity index (χ4n) is 3.99. The molecule has 0 saturated heterocycles. The van der Waals surface area contributed by atoms with Gasteiger partial charge in [0.2, 0.25) is 0 Å². The first kappa shape index (κ1) is 17.8. The highest BCUT2D eigenvalue weighted by Gasteiger charge is 2.20. The Morgan fingerprint density at radius 3 is 1.93 bits per heavy atom. The van der Waals surface area contributed by atoms with Crippen molar-refractivity contribution in [2.75, 3.05) is 0 Å². The summed E-state index contributed by atoms with van der Waals surface area (Å²) in [6.45, 7) is 6.75. The van der Waals surface area contributed by atoms with Crippen LogP contribution in [0.15, 0.2) is 95.4 Å². The maximum absolute atomic E-state index is 6.24. The molecule has 0 aliphatic carbocycles.